The normalized spacial score (nSPS) is 18.1. The molecule has 0 radical (unpaired) electrons. The smallest absolute Gasteiger partial charge is 0.407 e. The first-order chi connectivity index (χ1) is 9.38. The van der Waals surface area contributed by atoms with Crippen LogP contribution in [0.1, 0.15) is 12.0 Å². The Morgan fingerprint density at radius 3 is 2.75 bits per heavy atom. The first-order valence-corrected chi connectivity index (χ1v) is 7.30. The van der Waals surface area contributed by atoms with Crippen molar-refractivity contribution in [3.05, 3.63) is 27.2 Å². The highest BCUT2D eigenvalue weighted by Gasteiger charge is 2.31. The molecule has 1 fully saturated rings. The number of carbonyl (C=O) groups excluding carboxylic acids is 1. The number of halogens is 2. The number of rotatable bonds is 2. The molecule has 1 heterocycles. The lowest BCUT2D eigenvalue weighted by Crippen LogP contribution is -2.30. The Labute approximate surface area is 130 Å². The Kier molecular flexibility index (Phi) is 4.55. The van der Waals surface area contributed by atoms with E-state index in [9.17, 15) is 9.59 Å². The van der Waals surface area contributed by atoms with Crippen molar-refractivity contribution in [3.63, 3.8) is 0 Å². The number of amides is 2. The molecule has 2 amide bonds. The number of likely N-dealkylation sites (tertiary alicyclic amines) is 1. The van der Waals surface area contributed by atoms with Crippen LogP contribution in [-0.2, 0) is 4.79 Å². The number of nitrogens with one attached hydrogen (secondary N) is 1. The molecule has 7 heteroatoms. The van der Waals surface area contributed by atoms with Gasteiger partial charge in [-0.1, -0.05) is 11.6 Å². The molecular formula is C13H14BrClN2O3. The molecule has 2 N–H and O–H groups in total. The van der Waals surface area contributed by atoms with Crippen molar-refractivity contribution in [1.29, 1.82) is 0 Å². The van der Waals surface area contributed by atoms with Crippen LogP contribution in [0, 0.1) is 12.8 Å². The average Bonchev–Trinajstić information content (AvgIpc) is 2.83. The Hall–Kier alpha value is -1.27. The minimum atomic E-state index is -0.982. The molecule has 20 heavy (non-hydrogen) atoms. The van der Waals surface area contributed by atoms with Gasteiger partial charge in [-0.2, -0.15) is 0 Å². The number of hydrogen-bond donors (Lipinski definition) is 2. The monoisotopic (exact) mass is 360 g/mol. The number of carbonyl (C=O) groups is 2. The topological polar surface area (TPSA) is 69.6 Å². The van der Waals surface area contributed by atoms with Gasteiger partial charge >= 0.3 is 6.09 Å². The van der Waals surface area contributed by atoms with Crippen LogP contribution < -0.4 is 5.32 Å². The second kappa shape index (κ2) is 6.01. The summed E-state index contributed by atoms with van der Waals surface area (Å²) >= 11 is 9.29. The highest BCUT2D eigenvalue weighted by atomic mass is 79.9. The largest absolute Gasteiger partial charge is 0.465 e. The predicted molar refractivity (Wildman–Crippen MR) is 80.2 cm³/mol. The van der Waals surface area contributed by atoms with Crippen LogP contribution in [0.25, 0.3) is 0 Å². The lowest BCUT2D eigenvalue weighted by Gasteiger charge is -2.15. The number of benzene rings is 1. The molecule has 0 aromatic heterocycles. The van der Waals surface area contributed by atoms with E-state index in [4.69, 9.17) is 16.7 Å². The van der Waals surface area contributed by atoms with Gasteiger partial charge < -0.3 is 15.3 Å². The van der Waals surface area contributed by atoms with Crippen molar-refractivity contribution >= 4 is 45.2 Å². The zero-order valence-electron chi connectivity index (χ0n) is 10.8. The molecule has 108 valence electrons. The number of anilines is 1. The van der Waals surface area contributed by atoms with E-state index in [1.807, 2.05) is 6.92 Å². The minimum absolute atomic E-state index is 0.167. The van der Waals surface area contributed by atoms with E-state index >= 15 is 0 Å². The zero-order valence-corrected chi connectivity index (χ0v) is 13.2. The minimum Gasteiger partial charge on any atom is -0.465 e. The summed E-state index contributed by atoms with van der Waals surface area (Å²) in [7, 11) is 0. The molecule has 1 unspecified atom stereocenters. The summed E-state index contributed by atoms with van der Waals surface area (Å²) in [6, 6.07) is 3.47. The van der Waals surface area contributed by atoms with Crippen LogP contribution in [-0.4, -0.2) is 35.1 Å². The van der Waals surface area contributed by atoms with Crippen LogP contribution in [0.15, 0.2) is 16.6 Å². The molecule has 1 aromatic carbocycles. The molecule has 1 aromatic rings. The molecule has 0 bridgehead atoms. The van der Waals surface area contributed by atoms with Gasteiger partial charge in [0, 0.05) is 22.6 Å². The molecule has 0 spiro atoms. The van der Waals surface area contributed by atoms with Gasteiger partial charge in [-0.3, -0.25) is 4.79 Å². The van der Waals surface area contributed by atoms with Gasteiger partial charge in [0.15, 0.2) is 0 Å². The second-order valence-electron chi connectivity index (χ2n) is 4.78. The summed E-state index contributed by atoms with van der Waals surface area (Å²) in [5, 5.41) is 12.3. The number of carboxylic acid groups (broad SMARTS) is 1. The van der Waals surface area contributed by atoms with Gasteiger partial charge in [0.05, 0.1) is 11.6 Å². The lowest BCUT2D eigenvalue weighted by atomic mass is 10.1. The number of nitrogens with zero attached hydrogens (tertiary/aromatic N) is 1. The van der Waals surface area contributed by atoms with Crippen molar-refractivity contribution in [1.82, 2.24) is 4.90 Å². The van der Waals surface area contributed by atoms with Crippen LogP contribution in [0.4, 0.5) is 10.5 Å². The Bertz CT molecular complexity index is 542. The first-order valence-electron chi connectivity index (χ1n) is 6.13. The van der Waals surface area contributed by atoms with E-state index in [2.05, 4.69) is 21.2 Å². The lowest BCUT2D eigenvalue weighted by molar-refractivity contribution is -0.119. The van der Waals surface area contributed by atoms with Gasteiger partial charge in [-0.15, -0.1) is 0 Å². The van der Waals surface area contributed by atoms with Crippen molar-refractivity contribution < 1.29 is 14.7 Å². The fourth-order valence-electron chi connectivity index (χ4n) is 2.23. The van der Waals surface area contributed by atoms with E-state index in [-0.39, 0.29) is 18.4 Å². The summed E-state index contributed by atoms with van der Waals surface area (Å²) in [6.07, 6.45) is -0.438. The maximum atomic E-state index is 12.2. The summed E-state index contributed by atoms with van der Waals surface area (Å²) in [5.74, 6) is -0.479. The van der Waals surface area contributed by atoms with Gasteiger partial charge in [0.2, 0.25) is 5.91 Å². The van der Waals surface area contributed by atoms with Crippen LogP contribution >= 0.6 is 27.5 Å². The number of hydrogen-bond acceptors (Lipinski definition) is 2. The van der Waals surface area contributed by atoms with E-state index in [1.54, 1.807) is 12.1 Å². The zero-order chi connectivity index (χ0) is 14.9. The van der Waals surface area contributed by atoms with Gasteiger partial charge in [0.1, 0.15) is 0 Å². The SMILES string of the molecule is Cc1cc(Cl)cc(Br)c1NC(=O)C1CCN(C(=O)O)C1. The Morgan fingerprint density at radius 1 is 1.50 bits per heavy atom. The standard InChI is InChI=1S/C13H14BrClN2O3/c1-7-4-9(15)5-10(14)11(7)16-12(18)8-2-3-17(6-8)13(19)20/h4-5,8H,2-3,6H2,1H3,(H,16,18)(H,19,20). The molecule has 0 saturated carbocycles. The predicted octanol–water partition coefficient (Wildman–Crippen LogP) is 3.35. The maximum absolute atomic E-state index is 12.2. The maximum Gasteiger partial charge on any atom is 0.407 e. The van der Waals surface area contributed by atoms with E-state index in [1.165, 1.54) is 4.90 Å². The van der Waals surface area contributed by atoms with Gasteiger partial charge in [-0.05, 0) is 47.0 Å². The van der Waals surface area contributed by atoms with Gasteiger partial charge in [0.25, 0.3) is 0 Å². The highest BCUT2D eigenvalue weighted by Crippen LogP contribution is 2.31. The number of aryl methyl sites for hydroxylation is 1. The molecular weight excluding hydrogens is 348 g/mol. The third kappa shape index (κ3) is 3.24. The summed E-state index contributed by atoms with van der Waals surface area (Å²) in [4.78, 5) is 24.3. The summed E-state index contributed by atoms with van der Waals surface area (Å²) < 4.78 is 0.712. The quantitative estimate of drug-likeness (QED) is 0.848. The fraction of sp³-hybridized carbons (Fsp3) is 0.385. The first kappa shape index (κ1) is 15.1. The highest BCUT2D eigenvalue weighted by molar-refractivity contribution is 9.10. The van der Waals surface area contributed by atoms with Crippen LogP contribution in [0.2, 0.25) is 5.02 Å². The van der Waals surface area contributed by atoms with E-state index in [0.717, 1.165) is 5.56 Å². The van der Waals surface area contributed by atoms with Crippen molar-refractivity contribution in [2.24, 2.45) is 5.92 Å². The van der Waals surface area contributed by atoms with Gasteiger partial charge in [-0.25, -0.2) is 4.79 Å². The van der Waals surface area contributed by atoms with E-state index in [0.29, 0.717) is 28.1 Å². The molecule has 1 aliphatic heterocycles. The molecule has 0 aliphatic carbocycles. The average molecular weight is 362 g/mol. The third-order valence-electron chi connectivity index (χ3n) is 3.33. The fourth-order valence-corrected chi connectivity index (χ4v) is 3.30. The Balaban J connectivity index is 2.08. The summed E-state index contributed by atoms with van der Waals surface area (Å²) in [6.45, 7) is 2.49. The van der Waals surface area contributed by atoms with Crippen molar-refractivity contribution in [2.75, 3.05) is 18.4 Å². The molecule has 1 saturated heterocycles. The van der Waals surface area contributed by atoms with Crippen molar-refractivity contribution in [2.45, 2.75) is 13.3 Å². The van der Waals surface area contributed by atoms with Crippen LogP contribution in [0.3, 0.4) is 0 Å². The molecule has 5 nitrogen and oxygen atoms in total. The summed E-state index contributed by atoms with van der Waals surface area (Å²) in [5.41, 5.74) is 1.53. The molecule has 1 aliphatic rings. The Morgan fingerprint density at radius 2 is 2.20 bits per heavy atom. The van der Waals surface area contributed by atoms with Crippen LogP contribution in [0.5, 0.6) is 0 Å². The van der Waals surface area contributed by atoms with Crippen molar-refractivity contribution in [3.8, 4) is 0 Å². The third-order valence-corrected chi connectivity index (χ3v) is 4.17. The molecule has 2 rings (SSSR count). The molecule has 1 atom stereocenters. The van der Waals surface area contributed by atoms with E-state index < -0.39 is 6.09 Å². The second-order valence-corrected chi connectivity index (χ2v) is 6.07.